The maximum Gasteiger partial charge on any atom is 0.145 e. The van der Waals surface area contributed by atoms with Gasteiger partial charge in [0.25, 0.3) is 0 Å². The van der Waals surface area contributed by atoms with Crippen molar-refractivity contribution in [2.75, 3.05) is 0 Å². The first-order chi connectivity index (χ1) is 16.3. The van der Waals surface area contributed by atoms with Crippen LogP contribution in [0.5, 0.6) is 0 Å². The van der Waals surface area contributed by atoms with Crippen molar-refractivity contribution in [2.24, 2.45) is 0 Å². The van der Waals surface area contributed by atoms with Crippen molar-refractivity contribution in [1.82, 2.24) is 9.55 Å². The van der Waals surface area contributed by atoms with Crippen LogP contribution >= 0.6 is 15.9 Å². The summed E-state index contributed by atoms with van der Waals surface area (Å²) in [5.41, 5.74) is 8.00. The Morgan fingerprint density at radius 2 is 1.33 bits per heavy atom. The average molecular weight is 487 g/mol. The zero-order valence-corrected chi connectivity index (χ0v) is 19.3. The number of para-hydroxylation sites is 1. The third-order valence-electron chi connectivity index (χ3n) is 6.97. The Balaban J connectivity index is 1.80. The molecule has 0 unspecified atom stereocenters. The molecule has 33 heavy (non-hydrogen) atoms. The van der Waals surface area contributed by atoms with Gasteiger partial charge in [-0.25, -0.2) is 4.98 Å². The molecule has 0 radical (unpaired) electrons. The number of hydrogen-bond acceptors (Lipinski definition) is 1. The van der Waals surface area contributed by atoms with Crippen LogP contribution in [0.2, 0.25) is 0 Å². The SMILES string of the molecule is Brc1ccc2c(c1)-n1c3ncccc3c3cccc(c31)C2(c1ccccc1)c1ccccc1. The predicted molar refractivity (Wildman–Crippen MR) is 138 cm³/mol. The van der Waals surface area contributed by atoms with Gasteiger partial charge in [-0.2, -0.15) is 0 Å². The molecule has 0 amide bonds. The molecule has 0 spiro atoms. The van der Waals surface area contributed by atoms with Gasteiger partial charge in [-0.05, 0) is 46.5 Å². The van der Waals surface area contributed by atoms with E-state index in [-0.39, 0.29) is 0 Å². The highest BCUT2D eigenvalue weighted by molar-refractivity contribution is 9.10. The summed E-state index contributed by atoms with van der Waals surface area (Å²) in [6.07, 6.45) is 1.89. The minimum absolute atomic E-state index is 0.442. The van der Waals surface area contributed by atoms with E-state index < -0.39 is 5.41 Å². The van der Waals surface area contributed by atoms with E-state index in [2.05, 4.69) is 124 Å². The van der Waals surface area contributed by atoms with Crippen LogP contribution in [-0.2, 0) is 5.41 Å². The highest BCUT2D eigenvalue weighted by Crippen LogP contribution is 2.54. The maximum absolute atomic E-state index is 4.83. The normalized spacial score (nSPS) is 13.8. The van der Waals surface area contributed by atoms with Gasteiger partial charge in [-0.15, -0.1) is 0 Å². The maximum atomic E-state index is 4.83. The number of rotatable bonds is 2. The second kappa shape index (κ2) is 6.90. The number of hydrogen-bond donors (Lipinski definition) is 0. The number of pyridine rings is 1. The van der Waals surface area contributed by atoms with Crippen LogP contribution in [0.15, 0.2) is 120 Å². The van der Waals surface area contributed by atoms with Crippen LogP contribution in [0.25, 0.3) is 27.6 Å². The van der Waals surface area contributed by atoms with Gasteiger partial charge in [-0.1, -0.05) is 101 Å². The Morgan fingerprint density at radius 3 is 2.06 bits per heavy atom. The molecule has 0 fully saturated rings. The minimum Gasteiger partial charge on any atom is -0.293 e. The molecule has 1 aliphatic heterocycles. The average Bonchev–Trinajstić information content (AvgIpc) is 3.22. The third-order valence-corrected chi connectivity index (χ3v) is 7.46. The standard InChI is InChI=1S/C30H19BrN2/c31-22-16-17-25-27(19-22)33-28-23(24-14-8-18-32-29(24)33)13-7-15-26(28)30(25,20-9-3-1-4-10-20)21-11-5-2-6-12-21/h1-19H. The van der Waals surface area contributed by atoms with Crippen LogP contribution in [0.3, 0.4) is 0 Å². The molecule has 4 aromatic carbocycles. The zero-order valence-electron chi connectivity index (χ0n) is 17.7. The molecule has 2 aromatic heterocycles. The predicted octanol–water partition coefficient (Wildman–Crippen LogP) is 7.64. The van der Waals surface area contributed by atoms with Gasteiger partial charge in [0.15, 0.2) is 0 Å². The fraction of sp³-hybridized carbons (Fsp3) is 0.0333. The van der Waals surface area contributed by atoms with Crippen molar-refractivity contribution in [2.45, 2.75) is 5.41 Å². The lowest BCUT2D eigenvalue weighted by atomic mass is 9.63. The second-order valence-corrected chi connectivity index (χ2v) is 9.47. The van der Waals surface area contributed by atoms with E-state index in [0.717, 1.165) is 15.8 Å². The molecule has 0 saturated heterocycles. The summed E-state index contributed by atoms with van der Waals surface area (Å²) in [6, 6.07) is 39.4. The lowest BCUT2D eigenvalue weighted by Gasteiger charge is -2.41. The molecule has 0 atom stereocenters. The summed E-state index contributed by atoms with van der Waals surface area (Å²) in [4.78, 5) is 4.83. The van der Waals surface area contributed by atoms with Crippen molar-refractivity contribution in [3.05, 3.63) is 142 Å². The van der Waals surface area contributed by atoms with Crippen LogP contribution in [0.1, 0.15) is 22.3 Å². The van der Waals surface area contributed by atoms with Crippen molar-refractivity contribution < 1.29 is 0 Å². The van der Waals surface area contributed by atoms with Gasteiger partial charge in [-0.3, -0.25) is 4.57 Å². The van der Waals surface area contributed by atoms with Crippen molar-refractivity contribution in [1.29, 1.82) is 0 Å². The van der Waals surface area contributed by atoms with Crippen LogP contribution in [0.4, 0.5) is 0 Å². The molecule has 0 saturated carbocycles. The van der Waals surface area contributed by atoms with Gasteiger partial charge in [0.05, 0.1) is 16.6 Å². The van der Waals surface area contributed by atoms with Crippen molar-refractivity contribution >= 4 is 37.9 Å². The van der Waals surface area contributed by atoms with E-state index in [1.54, 1.807) is 0 Å². The Labute approximate surface area is 200 Å². The largest absolute Gasteiger partial charge is 0.293 e. The van der Waals surface area contributed by atoms with Crippen molar-refractivity contribution in [3.8, 4) is 5.69 Å². The monoisotopic (exact) mass is 486 g/mol. The summed E-state index contributed by atoms with van der Waals surface area (Å²) in [7, 11) is 0. The topological polar surface area (TPSA) is 17.8 Å². The molecule has 7 rings (SSSR count). The number of aromatic nitrogens is 2. The molecule has 0 aliphatic carbocycles. The molecule has 1 aliphatic rings. The quantitative estimate of drug-likeness (QED) is 0.245. The summed E-state index contributed by atoms with van der Waals surface area (Å²) in [6.45, 7) is 0. The molecule has 0 N–H and O–H groups in total. The van der Waals surface area contributed by atoms with Crippen molar-refractivity contribution in [3.63, 3.8) is 0 Å². The van der Waals surface area contributed by atoms with Crippen LogP contribution < -0.4 is 0 Å². The van der Waals surface area contributed by atoms with E-state index in [4.69, 9.17) is 4.98 Å². The number of fused-ring (bicyclic) bond motifs is 5. The number of nitrogens with zero attached hydrogens (tertiary/aromatic N) is 2. The fourth-order valence-electron chi connectivity index (χ4n) is 5.75. The van der Waals surface area contributed by atoms with E-state index >= 15 is 0 Å². The Kier molecular flexibility index (Phi) is 3.94. The third kappa shape index (κ3) is 2.40. The second-order valence-electron chi connectivity index (χ2n) is 8.56. The first-order valence-corrected chi connectivity index (χ1v) is 11.9. The van der Waals surface area contributed by atoms with Crippen LogP contribution in [-0.4, -0.2) is 9.55 Å². The van der Waals surface area contributed by atoms with E-state index in [0.29, 0.717) is 0 Å². The lowest BCUT2D eigenvalue weighted by molar-refractivity contribution is 0.726. The summed E-state index contributed by atoms with van der Waals surface area (Å²) in [5, 5.41) is 2.41. The van der Waals surface area contributed by atoms with Gasteiger partial charge < -0.3 is 0 Å². The number of benzene rings is 4. The van der Waals surface area contributed by atoms with E-state index in [9.17, 15) is 0 Å². The Morgan fingerprint density at radius 1 is 0.636 bits per heavy atom. The molecular formula is C30H19BrN2. The number of halogens is 1. The lowest BCUT2D eigenvalue weighted by Crippen LogP contribution is -2.35. The molecule has 0 bridgehead atoms. The molecule has 3 heteroatoms. The molecule has 3 heterocycles. The first kappa shape index (κ1) is 18.8. The van der Waals surface area contributed by atoms with Crippen LogP contribution in [0, 0.1) is 0 Å². The van der Waals surface area contributed by atoms with E-state index in [1.165, 1.54) is 38.5 Å². The summed E-state index contributed by atoms with van der Waals surface area (Å²) < 4.78 is 3.41. The smallest absolute Gasteiger partial charge is 0.145 e. The Hall–Kier alpha value is -3.69. The molecular weight excluding hydrogens is 468 g/mol. The Bertz CT molecular complexity index is 1630. The minimum atomic E-state index is -0.442. The van der Waals surface area contributed by atoms with E-state index in [1.807, 2.05) is 12.3 Å². The summed E-state index contributed by atoms with van der Waals surface area (Å²) >= 11 is 3.75. The van der Waals surface area contributed by atoms with Gasteiger partial charge in [0, 0.05) is 21.4 Å². The highest BCUT2D eigenvalue weighted by Gasteiger charge is 2.45. The molecule has 2 nitrogen and oxygen atoms in total. The molecule has 156 valence electrons. The fourth-order valence-corrected chi connectivity index (χ4v) is 6.10. The first-order valence-electron chi connectivity index (χ1n) is 11.1. The zero-order chi connectivity index (χ0) is 22.0. The molecule has 6 aromatic rings. The van der Waals surface area contributed by atoms with Gasteiger partial charge >= 0.3 is 0 Å². The highest BCUT2D eigenvalue weighted by atomic mass is 79.9. The summed E-state index contributed by atoms with van der Waals surface area (Å²) in [5.74, 6) is 0. The van der Waals surface area contributed by atoms with Gasteiger partial charge in [0.2, 0.25) is 0 Å². The van der Waals surface area contributed by atoms with Gasteiger partial charge in [0.1, 0.15) is 5.65 Å².